The van der Waals surface area contributed by atoms with E-state index in [1.54, 1.807) is 13.2 Å². The van der Waals surface area contributed by atoms with E-state index in [4.69, 9.17) is 14.8 Å². The van der Waals surface area contributed by atoms with E-state index in [-0.39, 0.29) is 6.04 Å². The Kier molecular flexibility index (Phi) is 5.30. The smallest absolute Gasteiger partial charge is 0.222 e. The topological polar surface area (TPSA) is 108 Å². The van der Waals surface area contributed by atoms with E-state index >= 15 is 0 Å². The largest absolute Gasteiger partial charge is 0.477 e. The molecule has 0 unspecified atom stereocenters. The van der Waals surface area contributed by atoms with Gasteiger partial charge in [0, 0.05) is 12.2 Å². The van der Waals surface area contributed by atoms with E-state index < -0.39 is 0 Å². The van der Waals surface area contributed by atoms with Gasteiger partial charge in [-0.25, -0.2) is 9.97 Å². The highest BCUT2D eigenvalue weighted by Gasteiger charge is 2.19. The predicted octanol–water partition coefficient (Wildman–Crippen LogP) is 2.92. The fourth-order valence-electron chi connectivity index (χ4n) is 3.33. The van der Waals surface area contributed by atoms with Gasteiger partial charge in [-0.1, -0.05) is 0 Å². The summed E-state index contributed by atoms with van der Waals surface area (Å²) in [5.41, 5.74) is 5.13. The van der Waals surface area contributed by atoms with Gasteiger partial charge < -0.3 is 10.1 Å². The van der Waals surface area contributed by atoms with Crippen molar-refractivity contribution in [1.82, 2.24) is 40.0 Å². The highest BCUT2D eigenvalue weighted by atomic mass is 16.5. The first-order chi connectivity index (χ1) is 14.5. The van der Waals surface area contributed by atoms with Crippen LogP contribution in [-0.2, 0) is 13.6 Å². The average molecular weight is 407 g/mol. The van der Waals surface area contributed by atoms with Gasteiger partial charge >= 0.3 is 0 Å². The first kappa shape index (κ1) is 19.7. The molecule has 0 fully saturated rings. The number of hydrogen-bond donors (Lipinski definition) is 1. The predicted molar refractivity (Wildman–Crippen MR) is 113 cm³/mol. The molecule has 0 bridgehead atoms. The number of tetrazole rings is 1. The zero-order valence-corrected chi connectivity index (χ0v) is 17.8. The van der Waals surface area contributed by atoms with Crippen LogP contribution in [0, 0.1) is 6.92 Å². The van der Waals surface area contributed by atoms with Crippen LogP contribution >= 0.6 is 0 Å². The van der Waals surface area contributed by atoms with Crippen molar-refractivity contribution in [2.45, 2.75) is 40.3 Å². The van der Waals surface area contributed by atoms with Gasteiger partial charge in [0.2, 0.25) is 5.88 Å². The van der Waals surface area contributed by atoms with Crippen molar-refractivity contribution in [2.75, 3.05) is 11.9 Å². The molecule has 30 heavy (non-hydrogen) atoms. The summed E-state index contributed by atoms with van der Waals surface area (Å²) in [5.74, 6) is 1.16. The zero-order chi connectivity index (χ0) is 21.3. The second kappa shape index (κ2) is 8.05. The molecule has 0 atom stereocenters. The van der Waals surface area contributed by atoms with Crippen LogP contribution in [0.5, 0.6) is 5.88 Å². The lowest BCUT2D eigenvalue weighted by atomic mass is 10.1. The Morgan fingerprint density at radius 3 is 2.77 bits per heavy atom. The van der Waals surface area contributed by atoms with Crippen LogP contribution in [0.1, 0.15) is 38.3 Å². The summed E-state index contributed by atoms with van der Waals surface area (Å²) in [6, 6.07) is 6.02. The Morgan fingerprint density at radius 1 is 1.23 bits per heavy atom. The third-order valence-electron chi connectivity index (χ3n) is 4.63. The number of nitrogens with zero attached hydrogens (tertiary/aromatic N) is 8. The minimum Gasteiger partial charge on any atom is -0.477 e. The number of aryl methyl sites for hydroxylation is 2. The molecule has 4 aromatic rings. The lowest BCUT2D eigenvalue weighted by Crippen LogP contribution is -2.08. The Morgan fingerprint density at radius 2 is 2.07 bits per heavy atom. The van der Waals surface area contributed by atoms with E-state index in [0.29, 0.717) is 24.9 Å². The number of ether oxygens (including phenoxy) is 1. The molecular formula is C20H25N9O. The van der Waals surface area contributed by atoms with Crippen molar-refractivity contribution in [2.24, 2.45) is 7.05 Å². The van der Waals surface area contributed by atoms with Crippen LogP contribution in [0.3, 0.4) is 0 Å². The summed E-state index contributed by atoms with van der Waals surface area (Å²) in [6.07, 6.45) is 1.72. The molecule has 0 aliphatic carbocycles. The summed E-state index contributed by atoms with van der Waals surface area (Å²) < 4.78 is 7.71. The van der Waals surface area contributed by atoms with E-state index in [0.717, 1.165) is 33.7 Å². The van der Waals surface area contributed by atoms with Crippen molar-refractivity contribution < 1.29 is 4.74 Å². The number of pyridine rings is 2. The molecule has 0 aliphatic heterocycles. The first-order valence-corrected chi connectivity index (χ1v) is 9.92. The molecular weight excluding hydrogens is 382 g/mol. The quantitative estimate of drug-likeness (QED) is 0.498. The van der Waals surface area contributed by atoms with Crippen LogP contribution in [0.15, 0.2) is 24.4 Å². The fourth-order valence-corrected chi connectivity index (χ4v) is 3.33. The number of aromatic nitrogens is 8. The maximum atomic E-state index is 5.73. The Balaban J connectivity index is 1.86. The molecule has 10 nitrogen and oxygen atoms in total. The average Bonchev–Trinajstić information content (AvgIpc) is 3.30. The molecule has 0 saturated heterocycles. The number of fused-ring (bicyclic) bond motifs is 1. The summed E-state index contributed by atoms with van der Waals surface area (Å²) >= 11 is 0. The van der Waals surface area contributed by atoms with Crippen molar-refractivity contribution in [1.29, 1.82) is 0 Å². The van der Waals surface area contributed by atoms with Gasteiger partial charge in [0.15, 0.2) is 5.82 Å². The van der Waals surface area contributed by atoms with E-state index in [1.165, 1.54) is 4.80 Å². The van der Waals surface area contributed by atoms with Gasteiger partial charge in [-0.15, -0.1) is 10.2 Å². The molecule has 0 aliphatic rings. The monoisotopic (exact) mass is 407 g/mol. The van der Waals surface area contributed by atoms with Gasteiger partial charge in [-0.2, -0.15) is 9.90 Å². The number of nitrogens with one attached hydrogen (secondary N) is 1. The maximum Gasteiger partial charge on any atom is 0.222 e. The van der Waals surface area contributed by atoms with Crippen molar-refractivity contribution in [3.8, 4) is 17.1 Å². The molecule has 0 aromatic carbocycles. The summed E-state index contributed by atoms with van der Waals surface area (Å²) in [4.78, 5) is 10.7. The Labute approximate surface area is 174 Å². The second-order valence-electron chi connectivity index (χ2n) is 7.21. The molecule has 0 saturated carbocycles. The molecule has 156 valence electrons. The van der Waals surface area contributed by atoms with E-state index in [2.05, 4.69) is 39.6 Å². The van der Waals surface area contributed by atoms with E-state index in [9.17, 15) is 0 Å². The highest BCUT2D eigenvalue weighted by molar-refractivity contribution is 5.93. The minimum absolute atomic E-state index is 0.182. The fraction of sp³-hybridized carbons (Fsp3) is 0.400. The van der Waals surface area contributed by atoms with Crippen LogP contribution in [0.2, 0.25) is 0 Å². The number of anilines is 1. The lowest BCUT2D eigenvalue weighted by Gasteiger charge is -2.14. The maximum absolute atomic E-state index is 5.73. The number of rotatable bonds is 7. The zero-order valence-electron chi connectivity index (χ0n) is 17.8. The van der Waals surface area contributed by atoms with Crippen molar-refractivity contribution in [3.05, 3.63) is 35.9 Å². The molecule has 4 rings (SSSR count). The van der Waals surface area contributed by atoms with Gasteiger partial charge in [-0.05, 0) is 51.1 Å². The van der Waals surface area contributed by atoms with Crippen LogP contribution in [0.4, 0.5) is 5.69 Å². The summed E-state index contributed by atoms with van der Waals surface area (Å²) in [6.45, 7) is 9.07. The molecule has 0 amide bonds. The van der Waals surface area contributed by atoms with Gasteiger partial charge in [0.1, 0.15) is 11.0 Å². The molecule has 0 radical (unpaired) electrons. The van der Waals surface area contributed by atoms with Crippen LogP contribution < -0.4 is 10.1 Å². The lowest BCUT2D eigenvalue weighted by molar-refractivity contribution is 0.328. The van der Waals surface area contributed by atoms with E-state index in [1.807, 2.05) is 36.7 Å². The minimum atomic E-state index is 0.182. The third-order valence-corrected chi connectivity index (χ3v) is 4.63. The Bertz CT molecular complexity index is 1180. The van der Waals surface area contributed by atoms with Crippen LogP contribution in [-0.4, -0.2) is 46.6 Å². The Hall–Kier alpha value is -3.56. The molecule has 0 spiro atoms. The van der Waals surface area contributed by atoms with Crippen molar-refractivity contribution >= 4 is 16.7 Å². The second-order valence-corrected chi connectivity index (χ2v) is 7.21. The first-order valence-electron chi connectivity index (χ1n) is 9.92. The summed E-state index contributed by atoms with van der Waals surface area (Å²) in [5, 5.41) is 20.4. The third kappa shape index (κ3) is 3.68. The van der Waals surface area contributed by atoms with Gasteiger partial charge in [0.25, 0.3) is 0 Å². The molecule has 4 heterocycles. The highest BCUT2D eigenvalue weighted by Crippen LogP contribution is 2.34. The van der Waals surface area contributed by atoms with Gasteiger partial charge in [0.05, 0.1) is 42.8 Å². The van der Waals surface area contributed by atoms with Crippen LogP contribution in [0.25, 0.3) is 22.3 Å². The standard InChI is InChI=1S/C20H25N9O/c1-6-30-20-14(8-7-9-21-20)15-10-16(22-11-17-24-27-28(5)26-17)19-18(23-15)13(4)25-29(19)12(2)3/h7-10,12H,6,11H2,1-5H3,(H,22,23). The van der Waals surface area contributed by atoms with Crippen molar-refractivity contribution in [3.63, 3.8) is 0 Å². The summed E-state index contributed by atoms with van der Waals surface area (Å²) in [7, 11) is 1.74. The normalized spacial score (nSPS) is 11.4. The van der Waals surface area contributed by atoms with Gasteiger partial charge in [-0.3, -0.25) is 4.68 Å². The SMILES string of the molecule is CCOc1ncccc1-c1cc(NCc2nnn(C)n2)c2c(n1)c(C)nn2C(C)C. The molecule has 4 aromatic heterocycles. The number of hydrogen-bond acceptors (Lipinski definition) is 8. The molecule has 10 heteroatoms. The molecule has 1 N–H and O–H groups in total.